The first-order valence-electron chi connectivity index (χ1n) is 6.78. The highest BCUT2D eigenvalue weighted by Gasteiger charge is 2.16. The first kappa shape index (κ1) is 12.4. The minimum absolute atomic E-state index is 0.764. The molecule has 2 rings (SSSR count). The molecule has 0 radical (unpaired) electrons. The Balaban J connectivity index is 1.63. The van der Waals surface area contributed by atoms with Gasteiger partial charge in [0.15, 0.2) is 0 Å². The van der Waals surface area contributed by atoms with Crippen LogP contribution in [0.15, 0.2) is 30.3 Å². The summed E-state index contributed by atoms with van der Waals surface area (Å²) in [5.74, 6) is 0.985. The molecule has 0 aromatic heterocycles. The second-order valence-corrected chi connectivity index (χ2v) is 4.90. The summed E-state index contributed by atoms with van der Waals surface area (Å²) in [6, 6.07) is 10.8. The fourth-order valence-electron chi connectivity index (χ4n) is 2.46. The molecule has 2 nitrogen and oxygen atoms in total. The van der Waals surface area contributed by atoms with Crippen molar-refractivity contribution in [1.82, 2.24) is 4.90 Å². The zero-order valence-corrected chi connectivity index (χ0v) is 10.8. The second-order valence-electron chi connectivity index (χ2n) is 4.90. The average molecular weight is 233 g/mol. The molecule has 1 aliphatic heterocycles. The van der Waals surface area contributed by atoms with Crippen LogP contribution in [0.4, 0.5) is 0 Å². The van der Waals surface area contributed by atoms with Crippen molar-refractivity contribution in [2.75, 3.05) is 19.7 Å². The summed E-state index contributed by atoms with van der Waals surface area (Å²) in [5.41, 5.74) is 0. The van der Waals surface area contributed by atoms with Crippen molar-refractivity contribution in [3.8, 4) is 5.75 Å². The van der Waals surface area contributed by atoms with Gasteiger partial charge in [-0.05, 0) is 44.9 Å². The maximum atomic E-state index is 5.71. The van der Waals surface area contributed by atoms with Gasteiger partial charge in [-0.1, -0.05) is 24.6 Å². The lowest BCUT2D eigenvalue weighted by molar-refractivity contribution is 0.148. The highest BCUT2D eigenvalue weighted by atomic mass is 16.5. The zero-order valence-electron chi connectivity index (χ0n) is 10.8. The van der Waals surface area contributed by atoms with Crippen molar-refractivity contribution in [3.63, 3.8) is 0 Å². The van der Waals surface area contributed by atoms with Crippen molar-refractivity contribution < 1.29 is 4.74 Å². The Kier molecular flexibility index (Phi) is 4.87. The van der Waals surface area contributed by atoms with Gasteiger partial charge >= 0.3 is 0 Å². The molecule has 1 saturated heterocycles. The van der Waals surface area contributed by atoms with E-state index in [2.05, 4.69) is 11.8 Å². The molecule has 17 heavy (non-hydrogen) atoms. The van der Waals surface area contributed by atoms with Gasteiger partial charge in [-0.2, -0.15) is 0 Å². The molecular formula is C15H23NO. The van der Waals surface area contributed by atoms with Crippen LogP contribution in [0.25, 0.3) is 0 Å². The highest BCUT2D eigenvalue weighted by molar-refractivity contribution is 5.20. The molecule has 1 aliphatic rings. The van der Waals surface area contributed by atoms with E-state index in [0.717, 1.165) is 24.8 Å². The lowest BCUT2D eigenvalue weighted by atomic mass is 10.0. The Morgan fingerprint density at radius 3 is 2.82 bits per heavy atom. The number of nitrogens with zero attached hydrogens (tertiary/aromatic N) is 1. The van der Waals surface area contributed by atoms with Gasteiger partial charge < -0.3 is 9.64 Å². The van der Waals surface area contributed by atoms with E-state index in [1.165, 1.54) is 32.4 Å². The SMILES string of the molecule is CC1CCCCN1CCCOc1ccccc1. The number of benzene rings is 1. The van der Waals surface area contributed by atoms with Gasteiger partial charge in [0.05, 0.1) is 6.61 Å². The molecule has 1 heterocycles. The van der Waals surface area contributed by atoms with E-state index >= 15 is 0 Å². The fraction of sp³-hybridized carbons (Fsp3) is 0.600. The summed E-state index contributed by atoms with van der Waals surface area (Å²) in [6.07, 6.45) is 5.25. The maximum absolute atomic E-state index is 5.71. The lowest BCUT2D eigenvalue weighted by Gasteiger charge is -2.33. The topological polar surface area (TPSA) is 12.5 Å². The largest absolute Gasteiger partial charge is 0.494 e. The van der Waals surface area contributed by atoms with Gasteiger partial charge in [0, 0.05) is 12.6 Å². The minimum Gasteiger partial charge on any atom is -0.494 e. The van der Waals surface area contributed by atoms with Crippen molar-refractivity contribution in [2.45, 2.75) is 38.6 Å². The van der Waals surface area contributed by atoms with Gasteiger partial charge in [-0.25, -0.2) is 0 Å². The quantitative estimate of drug-likeness (QED) is 0.723. The van der Waals surface area contributed by atoms with E-state index in [1.807, 2.05) is 30.3 Å². The van der Waals surface area contributed by atoms with Crippen LogP contribution < -0.4 is 4.74 Å². The minimum atomic E-state index is 0.764. The van der Waals surface area contributed by atoms with Gasteiger partial charge in [-0.3, -0.25) is 0 Å². The second kappa shape index (κ2) is 6.65. The molecule has 0 bridgehead atoms. The normalized spacial score (nSPS) is 21.4. The van der Waals surface area contributed by atoms with Crippen LogP contribution in [0.2, 0.25) is 0 Å². The molecule has 0 amide bonds. The Morgan fingerprint density at radius 1 is 1.24 bits per heavy atom. The molecule has 1 aromatic rings. The van der Waals surface area contributed by atoms with Crippen molar-refractivity contribution in [1.29, 1.82) is 0 Å². The summed E-state index contributed by atoms with van der Waals surface area (Å²) in [7, 11) is 0. The van der Waals surface area contributed by atoms with E-state index < -0.39 is 0 Å². The number of ether oxygens (including phenoxy) is 1. The van der Waals surface area contributed by atoms with E-state index in [0.29, 0.717) is 0 Å². The predicted octanol–water partition coefficient (Wildman–Crippen LogP) is 3.33. The van der Waals surface area contributed by atoms with E-state index in [9.17, 15) is 0 Å². The van der Waals surface area contributed by atoms with Crippen molar-refractivity contribution >= 4 is 0 Å². The molecule has 94 valence electrons. The van der Waals surface area contributed by atoms with Crippen molar-refractivity contribution in [2.24, 2.45) is 0 Å². The van der Waals surface area contributed by atoms with Gasteiger partial charge in [-0.15, -0.1) is 0 Å². The third kappa shape index (κ3) is 4.04. The number of rotatable bonds is 5. The summed E-state index contributed by atoms with van der Waals surface area (Å²) in [5, 5.41) is 0. The Morgan fingerprint density at radius 2 is 2.06 bits per heavy atom. The van der Waals surface area contributed by atoms with E-state index in [-0.39, 0.29) is 0 Å². The average Bonchev–Trinajstić information content (AvgIpc) is 2.38. The maximum Gasteiger partial charge on any atom is 0.119 e. The fourth-order valence-corrected chi connectivity index (χ4v) is 2.46. The lowest BCUT2D eigenvalue weighted by Crippen LogP contribution is -2.38. The summed E-state index contributed by atoms with van der Waals surface area (Å²) in [4.78, 5) is 2.60. The third-order valence-corrected chi connectivity index (χ3v) is 3.54. The molecule has 1 aromatic carbocycles. The molecule has 1 unspecified atom stereocenters. The monoisotopic (exact) mass is 233 g/mol. The van der Waals surface area contributed by atoms with Crippen molar-refractivity contribution in [3.05, 3.63) is 30.3 Å². The highest BCUT2D eigenvalue weighted by Crippen LogP contribution is 2.16. The zero-order chi connectivity index (χ0) is 11.9. The first-order valence-corrected chi connectivity index (χ1v) is 6.78. The standard InChI is InChI=1S/C15H23NO/c1-14-8-5-6-11-16(14)12-7-13-17-15-9-3-2-4-10-15/h2-4,9-10,14H,5-8,11-13H2,1H3. The summed E-state index contributed by atoms with van der Waals surface area (Å²) < 4.78 is 5.71. The van der Waals surface area contributed by atoms with Crippen LogP contribution in [0.5, 0.6) is 5.75 Å². The van der Waals surface area contributed by atoms with Gasteiger partial charge in [0.1, 0.15) is 5.75 Å². The molecule has 2 heteroatoms. The number of hydrogen-bond acceptors (Lipinski definition) is 2. The smallest absolute Gasteiger partial charge is 0.119 e. The van der Waals surface area contributed by atoms with E-state index in [4.69, 9.17) is 4.74 Å². The number of hydrogen-bond donors (Lipinski definition) is 0. The van der Waals surface area contributed by atoms with Crippen LogP contribution in [0.3, 0.4) is 0 Å². The molecule has 0 N–H and O–H groups in total. The van der Waals surface area contributed by atoms with Crippen LogP contribution in [-0.4, -0.2) is 30.6 Å². The predicted molar refractivity (Wildman–Crippen MR) is 71.4 cm³/mol. The Hall–Kier alpha value is -1.02. The van der Waals surface area contributed by atoms with E-state index in [1.54, 1.807) is 0 Å². The van der Waals surface area contributed by atoms with Crippen LogP contribution >= 0.6 is 0 Å². The van der Waals surface area contributed by atoms with Crippen LogP contribution in [-0.2, 0) is 0 Å². The molecule has 0 saturated carbocycles. The molecule has 1 fully saturated rings. The van der Waals surface area contributed by atoms with Gasteiger partial charge in [0.25, 0.3) is 0 Å². The molecule has 0 spiro atoms. The first-order chi connectivity index (χ1) is 8.36. The van der Waals surface area contributed by atoms with Gasteiger partial charge in [0.2, 0.25) is 0 Å². The molecule has 1 atom stereocenters. The number of piperidine rings is 1. The summed E-state index contributed by atoms with van der Waals surface area (Å²) in [6.45, 7) is 5.62. The summed E-state index contributed by atoms with van der Waals surface area (Å²) >= 11 is 0. The Bertz CT molecular complexity index is 312. The number of likely N-dealkylation sites (tertiary alicyclic amines) is 1. The Labute approximate surface area is 105 Å². The molecular weight excluding hydrogens is 210 g/mol. The van der Waals surface area contributed by atoms with Crippen LogP contribution in [0, 0.1) is 0 Å². The third-order valence-electron chi connectivity index (χ3n) is 3.54. The number of para-hydroxylation sites is 1. The molecule has 0 aliphatic carbocycles. The van der Waals surface area contributed by atoms with Crippen LogP contribution in [0.1, 0.15) is 32.6 Å².